The molecule has 0 amide bonds. The van der Waals surface area contributed by atoms with Crippen LogP contribution in [0.4, 0.5) is 4.79 Å². The molecule has 0 radical (unpaired) electrons. The lowest BCUT2D eigenvalue weighted by molar-refractivity contribution is -0.171. The molecule has 2 atom stereocenters. The van der Waals surface area contributed by atoms with Crippen LogP contribution in [-0.2, 0) is 30.3 Å². The van der Waals surface area contributed by atoms with Crippen LogP contribution in [0.5, 0.6) is 0 Å². The normalized spacial score (nSPS) is 19.1. The standard InChI is InChI=1S/C19H26O5.C14H18O3/c1-14(2)13-23-18(21)24-17(20)19(22,15-9-5-3-6-10-15)16-11-7-4-8-12-16;15-13(16)14(17,11-7-3-1-4-8-11)12-9-5-2-6-10-12/h3,5-6,9-10,14,16,22H,4,7-8,11-13H2,1-2H3;1,3-4,7-8,12,17H,2,5-6,9-10H2,(H,15,16)/t19-;14-/m11/s1. The summed E-state index contributed by atoms with van der Waals surface area (Å²) in [5.74, 6) is -2.38. The van der Waals surface area contributed by atoms with Crippen LogP contribution in [0.2, 0.25) is 0 Å². The van der Waals surface area contributed by atoms with E-state index in [4.69, 9.17) is 9.47 Å². The van der Waals surface area contributed by atoms with Crippen molar-refractivity contribution in [3.8, 4) is 0 Å². The highest BCUT2D eigenvalue weighted by Crippen LogP contribution is 2.41. The largest absolute Gasteiger partial charge is 0.516 e. The van der Waals surface area contributed by atoms with Gasteiger partial charge in [0.2, 0.25) is 0 Å². The average molecular weight is 569 g/mol. The Morgan fingerprint density at radius 2 is 1.15 bits per heavy atom. The van der Waals surface area contributed by atoms with Gasteiger partial charge in [0.15, 0.2) is 11.2 Å². The van der Waals surface area contributed by atoms with Gasteiger partial charge in [-0.05, 0) is 42.7 Å². The highest BCUT2D eigenvalue weighted by Gasteiger charge is 2.48. The third-order valence-electron chi connectivity index (χ3n) is 8.17. The van der Waals surface area contributed by atoms with Crippen LogP contribution in [-0.4, -0.2) is 40.0 Å². The molecule has 0 spiro atoms. The first kappa shape index (κ1) is 32.3. The molecule has 2 aromatic carbocycles. The lowest BCUT2D eigenvalue weighted by Gasteiger charge is -2.36. The molecule has 0 aliphatic heterocycles. The zero-order valence-corrected chi connectivity index (χ0v) is 24.2. The van der Waals surface area contributed by atoms with Crippen LogP contribution < -0.4 is 0 Å². The van der Waals surface area contributed by atoms with Gasteiger partial charge in [-0.15, -0.1) is 0 Å². The molecular formula is C33H44O8. The molecule has 224 valence electrons. The van der Waals surface area contributed by atoms with Gasteiger partial charge in [-0.3, -0.25) is 0 Å². The summed E-state index contributed by atoms with van der Waals surface area (Å²) < 4.78 is 9.72. The van der Waals surface area contributed by atoms with Crippen molar-refractivity contribution in [1.82, 2.24) is 0 Å². The number of aliphatic hydroxyl groups is 2. The quantitative estimate of drug-likeness (QED) is 0.249. The SMILES string of the molecule is CC(C)COC(=O)OC(=O)[C@@](O)(c1ccccc1)C1CCCCC1.O=C(O)[C@@](O)(c1ccccc1)C1CCCCC1. The average Bonchev–Trinajstić information content (AvgIpc) is 3.01. The number of hydrogen-bond acceptors (Lipinski definition) is 7. The summed E-state index contributed by atoms with van der Waals surface area (Å²) in [5, 5.41) is 31.2. The Hall–Kier alpha value is -3.23. The van der Waals surface area contributed by atoms with Gasteiger partial charge in [-0.2, -0.15) is 0 Å². The molecule has 2 saturated carbocycles. The van der Waals surface area contributed by atoms with Gasteiger partial charge in [0.1, 0.15) is 0 Å². The van der Waals surface area contributed by atoms with Gasteiger partial charge in [0, 0.05) is 11.8 Å². The number of carboxylic acid groups (broad SMARTS) is 1. The summed E-state index contributed by atoms with van der Waals surface area (Å²) in [5.41, 5.74) is -2.59. The number of esters is 1. The van der Waals surface area contributed by atoms with E-state index in [0.29, 0.717) is 11.1 Å². The second-order valence-electron chi connectivity index (χ2n) is 11.6. The maximum atomic E-state index is 12.6. The van der Waals surface area contributed by atoms with Crippen LogP contribution in [0.15, 0.2) is 60.7 Å². The minimum atomic E-state index is -1.82. The number of carboxylic acids is 1. The van der Waals surface area contributed by atoms with E-state index in [1.54, 1.807) is 48.5 Å². The topological polar surface area (TPSA) is 130 Å². The summed E-state index contributed by atoms with van der Waals surface area (Å²) >= 11 is 0. The highest BCUT2D eigenvalue weighted by molar-refractivity contribution is 5.89. The third kappa shape index (κ3) is 8.17. The molecule has 2 fully saturated rings. The van der Waals surface area contributed by atoms with E-state index in [0.717, 1.165) is 64.2 Å². The van der Waals surface area contributed by atoms with Gasteiger partial charge in [0.05, 0.1) is 6.61 Å². The van der Waals surface area contributed by atoms with E-state index < -0.39 is 29.3 Å². The lowest BCUT2D eigenvalue weighted by Crippen LogP contribution is -2.46. The first-order valence-corrected chi connectivity index (χ1v) is 14.8. The van der Waals surface area contributed by atoms with Crippen LogP contribution in [0.25, 0.3) is 0 Å². The Morgan fingerprint density at radius 3 is 1.56 bits per heavy atom. The van der Waals surface area contributed by atoms with Crippen molar-refractivity contribution in [3.63, 3.8) is 0 Å². The maximum absolute atomic E-state index is 12.6. The molecule has 8 heteroatoms. The van der Waals surface area contributed by atoms with Crippen LogP contribution in [0.1, 0.15) is 89.2 Å². The monoisotopic (exact) mass is 568 g/mol. The fourth-order valence-corrected chi connectivity index (χ4v) is 5.90. The Morgan fingerprint density at radius 1 is 0.732 bits per heavy atom. The van der Waals surface area contributed by atoms with Crippen molar-refractivity contribution >= 4 is 18.1 Å². The molecule has 0 aromatic heterocycles. The first-order valence-electron chi connectivity index (χ1n) is 14.8. The van der Waals surface area contributed by atoms with Gasteiger partial charge in [-0.25, -0.2) is 14.4 Å². The zero-order chi connectivity index (χ0) is 29.9. The fourth-order valence-electron chi connectivity index (χ4n) is 5.90. The van der Waals surface area contributed by atoms with E-state index >= 15 is 0 Å². The summed E-state index contributed by atoms with van der Waals surface area (Å²) in [6.07, 6.45) is 8.11. The van der Waals surface area contributed by atoms with E-state index in [-0.39, 0.29) is 24.4 Å². The van der Waals surface area contributed by atoms with Gasteiger partial charge in [0.25, 0.3) is 0 Å². The number of carbonyl (C=O) groups is 3. The summed E-state index contributed by atoms with van der Waals surface area (Å²) in [7, 11) is 0. The first-order chi connectivity index (χ1) is 19.6. The molecule has 2 aromatic rings. The molecule has 0 saturated heterocycles. The zero-order valence-electron chi connectivity index (χ0n) is 24.2. The van der Waals surface area contributed by atoms with Crippen molar-refractivity contribution in [3.05, 3.63) is 71.8 Å². The van der Waals surface area contributed by atoms with Gasteiger partial charge >= 0.3 is 18.1 Å². The van der Waals surface area contributed by atoms with E-state index in [1.807, 2.05) is 26.0 Å². The van der Waals surface area contributed by atoms with Crippen molar-refractivity contribution in [2.45, 2.75) is 89.3 Å². The second-order valence-corrected chi connectivity index (χ2v) is 11.6. The molecule has 3 N–H and O–H groups in total. The third-order valence-corrected chi connectivity index (χ3v) is 8.17. The number of ether oxygens (including phenoxy) is 2. The summed E-state index contributed by atoms with van der Waals surface area (Å²) in [6.45, 7) is 3.94. The van der Waals surface area contributed by atoms with Crippen molar-refractivity contribution < 1.29 is 39.2 Å². The molecule has 2 aliphatic rings. The van der Waals surface area contributed by atoms with Crippen molar-refractivity contribution in [2.24, 2.45) is 17.8 Å². The lowest BCUT2D eigenvalue weighted by atomic mass is 9.73. The number of aliphatic carboxylic acids is 1. The Labute approximate surface area is 242 Å². The number of carbonyl (C=O) groups excluding carboxylic acids is 2. The number of rotatable bonds is 8. The van der Waals surface area contributed by atoms with Gasteiger partial charge in [-0.1, -0.05) is 113 Å². The Balaban J connectivity index is 0.000000239. The molecule has 0 unspecified atom stereocenters. The molecular weight excluding hydrogens is 524 g/mol. The summed E-state index contributed by atoms with van der Waals surface area (Å²) in [6, 6.07) is 17.5. The van der Waals surface area contributed by atoms with Crippen molar-refractivity contribution in [2.75, 3.05) is 6.61 Å². The molecule has 8 nitrogen and oxygen atoms in total. The smallest absolute Gasteiger partial charge is 0.479 e. The Kier molecular flexibility index (Phi) is 11.9. The minimum Gasteiger partial charge on any atom is -0.479 e. The van der Waals surface area contributed by atoms with E-state index in [2.05, 4.69) is 0 Å². The molecule has 0 bridgehead atoms. The van der Waals surface area contributed by atoms with Crippen LogP contribution >= 0.6 is 0 Å². The van der Waals surface area contributed by atoms with Crippen LogP contribution in [0, 0.1) is 17.8 Å². The predicted molar refractivity (Wildman–Crippen MR) is 154 cm³/mol. The molecule has 4 rings (SSSR count). The van der Waals surface area contributed by atoms with E-state index in [1.165, 1.54) is 0 Å². The van der Waals surface area contributed by atoms with E-state index in [9.17, 15) is 29.7 Å². The molecule has 2 aliphatic carbocycles. The second kappa shape index (κ2) is 15.1. The number of hydrogen-bond donors (Lipinski definition) is 3. The maximum Gasteiger partial charge on any atom is 0.516 e. The molecule has 0 heterocycles. The van der Waals surface area contributed by atoms with Gasteiger partial charge < -0.3 is 24.8 Å². The highest BCUT2D eigenvalue weighted by atomic mass is 16.7. The fraction of sp³-hybridized carbons (Fsp3) is 0.545. The Bertz CT molecular complexity index is 1110. The summed E-state index contributed by atoms with van der Waals surface area (Å²) in [4.78, 5) is 35.9. The minimum absolute atomic E-state index is 0.138. The molecule has 41 heavy (non-hydrogen) atoms. The van der Waals surface area contributed by atoms with Crippen LogP contribution in [0.3, 0.4) is 0 Å². The predicted octanol–water partition coefficient (Wildman–Crippen LogP) is 6.33. The van der Waals surface area contributed by atoms with Crippen molar-refractivity contribution in [1.29, 1.82) is 0 Å². The number of benzene rings is 2.